The first-order valence-electron chi connectivity index (χ1n) is 5.41. The van der Waals surface area contributed by atoms with Crippen LogP contribution in [0.3, 0.4) is 0 Å². The molecule has 0 radical (unpaired) electrons. The highest BCUT2D eigenvalue weighted by molar-refractivity contribution is 5.99. The molecule has 1 rings (SSSR count). The zero-order valence-corrected chi connectivity index (χ0v) is 10.2. The van der Waals surface area contributed by atoms with E-state index in [4.69, 9.17) is 4.74 Å². The number of hydrogen-bond acceptors (Lipinski definition) is 4. The fourth-order valence-electron chi connectivity index (χ4n) is 1.39. The highest BCUT2D eigenvalue weighted by Gasteiger charge is 2.17. The van der Waals surface area contributed by atoms with Crippen molar-refractivity contribution in [3.05, 3.63) is 24.0 Å². The van der Waals surface area contributed by atoms with Crippen LogP contribution < -0.4 is 10.1 Å². The summed E-state index contributed by atoms with van der Waals surface area (Å²) in [5.41, 5.74) is 0.373. The van der Waals surface area contributed by atoms with E-state index in [0.29, 0.717) is 17.7 Å². The minimum Gasteiger partial charge on any atom is -0.494 e. The minimum absolute atomic E-state index is 0.00799. The van der Waals surface area contributed by atoms with E-state index < -0.39 is 6.04 Å². The summed E-state index contributed by atoms with van der Waals surface area (Å²) >= 11 is 0. The van der Waals surface area contributed by atoms with E-state index in [1.54, 1.807) is 19.9 Å². The van der Waals surface area contributed by atoms with Gasteiger partial charge in [0.1, 0.15) is 5.75 Å². The number of nitrogens with one attached hydrogen (secondary N) is 1. The Labute approximate surface area is 100 Å². The maximum Gasteiger partial charge on any atom is 0.255 e. The molecule has 1 atom stereocenters. The van der Waals surface area contributed by atoms with Crippen molar-refractivity contribution in [3.63, 3.8) is 0 Å². The van der Waals surface area contributed by atoms with E-state index in [0.717, 1.165) is 0 Å². The van der Waals surface area contributed by atoms with Crippen LogP contribution in [0.4, 0.5) is 0 Å². The maximum absolute atomic E-state index is 11.9. The van der Waals surface area contributed by atoms with Gasteiger partial charge in [-0.15, -0.1) is 0 Å². The zero-order chi connectivity index (χ0) is 12.8. The lowest BCUT2D eigenvalue weighted by molar-refractivity contribution is -0.120. The molecular weight excluding hydrogens is 220 g/mol. The van der Waals surface area contributed by atoms with Crippen molar-refractivity contribution in [2.75, 3.05) is 7.11 Å². The zero-order valence-electron chi connectivity index (χ0n) is 10.2. The molecule has 0 aliphatic heterocycles. The fraction of sp³-hybridized carbons (Fsp3) is 0.417. The molecule has 1 unspecified atom stereocenters. The highest BCUT2D eigenvalue weighted by atomic mass is 16.5. The molecule has 0 fully saturated rings. The van der Waals surface area contributed by atoms with Gasteiger partial charge in [-0.2, -0.15) is 0 Å². The predicted octanol–water partition coefficient (Wildman–Crippen LogP) is 1.19. The molecule has 1 aromatic heterocycles. The van der Waals surface area contributed by atoms with Crippen LogP contribution in [0.15, 0.2) is 18.5 Å². The second kappa shape index (κ2) is 5.98. The fourth-order valence-corrected chi connectivity index (χ4v) is 1.39. The normalized spacial score (nSPS) is 11.7. The summed E-state index contributed by atoms with van der Waals surface area (Å²) in [6.45, 7) is 3.43. The minimum atomic E-state index is -0.495. The van der Waals surface area contributed by atoms with Crippen LogP contribution >= 0.6 is 0 Å². The molecule has 0 aliphatic carbocycles. The van der Waals surface area contributed by atoms with Gasteiger partial charge in [-0.3, -0.25) is 14.6 Å². The Hall–Kier alpha value is -1.91. The van der Waals surface area contributed by atoms with Crippen molar-refractivity contribution < 1.29 is 14.3 Å². The number of nitrogens with zero attached hydrogens (tertiary/aromatic N) is 1. The number of ketones is 1. The third kappa shape index (κ3) is 3.27. The molecule has 0 spiro atoms. The number of pyridine rings is 1. The second-order valence-corrected chi connectivity index (χ2v) is 3.59. The molecule has 1 heterocycles. The molecular formula is C12H16N2O3. The van der Waals surface area contributed by atoms with Crippen molar-refractivity contribution in [1.29, 1.82) is 0 Å². The molecule has 92 valence electrons. The van der Waals surface area contributed by atoms with Crippen molar-refractivity contribution in [2.45, 2.75) is 26.3 Å². The van der Waals surface area contributed by atoms with E-state index in [-0.39, 0.29) is 11.7 Å². The van der Waals surface area contributed by atoms with E-state index in [2.05, 4.69) is 10.3 Å². The smallest absolute Gasteiger partial charge is 0.255 e. The first kappa shape index (κ1) is 13.2. The highest BCUT2D eigenvalue weighted by Crippen LogP contribution is 2.15. The lowest BCUT2D eigenvalue weighted by Crippen LogP contribution is -2.38. The number of rotatable bonds is 5. The summed E-state index contributed by atoms with van der Waals surface area (Å²) in [6, 6.07) is 1.06. The molecule has 1 amide bonds. The summed E-state index contributed by atoms with van der Waals surface area (Å²) < 4.78 is 5.03. The lowest BCUT2D eigenvalue weighted by atomic mass is 10.1. The van der Waals surface area contributed by atoms with Gasteiger partial charge in [0, 0.05) is 12.6 Å². The quantitative estimate of drug-likeness (QED) is 0.833. The molecule has 0 saturated heterocycles. The van der Waals surface area contributed by atoms with Crippen molar-refractivity contribution in [1.82, 2.24) is 10.3 Å². The standard InChI is InChI=1S/C12H16N2O3/c1-4-10(15)8(2)14-12(16)9-5-6-13-7-11(9)17-3/h5-8H,4H2,1-3H3,(H,14,16). The monoisotopic (exact) mass is 236 g/mol. The van der Waals surface area contributed by atoms with Crippen LogP contribution in [0.2, 0.25) is 0 Å². The van der Waals surface area contributed by atoms with E-state index in [1.165, 1.54) is 19.5 Å². The molecule has 5 nitrogen and oxygen atoms in total. The van der Waals surface area contributed by atoms with Gasteiger partial charge in [-0.1, -0.05) is 6.92 Å². The largest absolute Gasteiger partial charge is 0.494 e. The van der Waals surface area contributed by atoms with Gasteiger partial charge in [0.2, 0.25) is 0 Å². The van der Waals surface area contributed by atoms with Crippen LogP contribution in [0.5, 0.6) is 5.75 Å². The molecule has 1 aromatic rings. The molecule has 0 bridgehead atoms. The number of aromatic nitrogens is 1. The summed E-state index contributed by atoms with van der Waals surface area (Å²) in [4.78, 5) is 27.1. The number of ether oxygens (including phenoxy) is 1. The topological polar surface area (TPSA) is 68.3 Å². The Balaban J connectivity index is 2.79. The summed E-state index contributed by atoms with van der Waals surface area (Å²) in [5.74, 6) is 0.0473. The van der Waals surface area contributed by atoms with Crippen LogP contribution in [-0.2, 0) is 4.79 Å². The SMILES string of the molecule is CCC(=O)C(C)NC(=O)c1ccncc1OC. The van der Waals surface area contributed by atoms with Crippen LogP contribution in [0, 0.1) is 0 Å². The number of Topliss-reactive ketones (excluding diaryl/α,β-unsaturated/α-hetero) is 1. The average molecular weight is 236 g/mol. The molecule has 5 heteroatoms. The molecule has 0 aromatic carbocycles. The Bertz CT molecular complexity index is 418. The lowest BCUT2D eigenvalue weighted by Gasteiger charge is -2.13. The Morgan fingerprint density at radius 3 is 2.82 bits per heavy atom. The summed E-state index contributed by atoms with van der Waals surface area (Å²) in [6.07, 6.45) is 3.36. The first-order valence-corrected chi connectivity index (χ1v) is 5.41. The van der Waals surface area contributed by atoms with Gasteiger partial charge >= 0.3 is 0 Å². The van der Waals surface area contributed by atoms with Crippen molar-refractivity contribution in [2.24, 2.45) is 0 Å². The number of amides is 1. The Kier molecular flexibility index (Phi) is 4.63. The van der Waals surface area contributed by atoms with Crippen LogP contribution in [-0.4, -0.2) is 29.8 Å². The van der Waals surface area contributed by atoms with Crippen LogP contribution in [0.25, 0.3) is 0 Å². The van der Waals surface area contributed by atoms with E-state index in [1.807, 2.05) is 0 Å². The van der Waals surface area contributed by atoms with Crippen LogP contribution in [0.1, 0.15) is 30.6 Å². The molecule has 0 aliphatic rings. The average Bonchev–Trinajstić information content (AvgIpc) is 2.37. The van der Waals surface area contributed by atoms with E-state index in [9.17, 15) is 9.59 Å². The van der Waals surface area contributed by atoms with Gasteiger partial charge in [-0.25, -0.2) is 0 Å². The number of hydrogen-bond donors (Lipinski definition) is 1. The molecule has 0 saturated carbocycles. The van der Waals surface area contributed by atoms with Gasteiger partial charge in [0.05, 0.1) is 24.9 Å². The first-order chi connectivity index (χ1) is 8.10. The predicted molar refractivity (Wildman–Crippen MR) is 63.0 cm³/mol. The number of carbonyl (C=O) groups excluding carboxylic acids is 2. The second-order valence-electron chi connectivity index (χ2n) is 3.59. The van der Waals surface area contributed by atoms with Gasteiger partial charge in [0.25, 0.3) is 5.91 Å². The van der Waals surface area contributed by atoms with E-state index >= 15 is 0 Å². The molecule has 17 heavy (non-hydrogen) atoms. The van der Waals surface area contributed by atoms with Gasteiger partial charge < -0.3 is 10.1 Å². The molecule has 1 N–H and O–H groups in total. The Morgan fingerprint density at radius 1 is 1.53 bits per heavy atom. The summed E-state index contributed by atoms with van der Waals surface area (Å²) in [5, 5.41) is 2.63. The van der Waals surface area contributed by atoms with Gasteiger partial charge in [0.15, 0.2) is 5.78 Å². The Morgan fingerprint density at radius 2 is 2.24 bits per heavy atom. The number of carbonyl (C=O) groups is 2. The third-order valence-electron chi connectivity index (χ3n) is 2.43. The van der Waals surface area contributed by atoms with Crippen molar-refractivity contribution in [3.8, 4) is 5.75 Å². The van der Waals surface area contributed by atoms with Gasteiger partial charge in [-0.05, 0) is 13.0 Å². The third-order valence-corrected chi connectivity index (χ3v) is 2.43. The number of methoxy groups -OCH3 is 1. The van der Waals surface area contributed by atoms with Crippen molar-refractivity contribution >= 4 is 11.7 Å². The maximum atomic E-state index is 11.9. The summed E-state index contributed by atoms with van der Waals surface area (Å²) in [7, 11) is 1.47.